The molecule has 2 aromatic heterocycles. The van der Waals surface area contributed by atoms with Gasteiger partial charge in [0.25, 0.3) is 0 Å². The van der Waals surface area contributed by atoms with Crippen molar-refractivity contribution in [1.82, 2.24) is 4.90 Å². The van der Waals surface area contributed by atoms with Crippen molar-refractivity contribution >= 4 is 22.7 Å². The third-order valence-corrected chi connectivity index (χ3v) is 6.40. The smallest absolute Gasteiger partial charge is 0.240 e. The monoisotopic (exact) mass is 466 g/mol. The summed E-state index contributed by atoms with van der Waals surface area (Å²) in [6.07, 6.45) is 3.54. The van der Waals surface area contributed by atoms with E-state index in [1.807, 2.05) is 54.6 Å². The molecule has 1 N–H and O–H groups in total. The van der Waals surface area contributed by atoms with Crippen LogP contribution in [0.15, 0.2) is 94.9 Å². The molecule has 1 unspecified atom stereocenters. The lowest BCUT2D eigenvalue weighted by atomic mass is 9.85. The number of furan rings is 1. The Hall–Kier alpha value is -4.19. The topological polar surface area (TPSA) is 87.7 Å². The third-order valence-electron chi connectivity index (χ3n) is 6.40. The Morgan fingerprint density at radius 3 is 2.46 bits per heavy atom. The summed E-state index contributed by atoms with van der Waals surface area (Å²) >= 11 is 0. The van der Waals surface area contributed by atoms with Crippen LogP contribution in [-0.2, 0) is 16.8 Å². The molecule has 0 saturated heterocycles. The van der Waals surface area contributed by atoms with E-state index in [1.165, 1.54) is 4.90 Å². The fourth-order valence-corrected chi connectivity index (χ4v) is 4.50. The second kappa shape index (κ2) is 8.55. The van der Waals surface area contributed by atoms with Crippen molar-refractivity contribution in [3.63, 3.8) is 0 Å². The number of hydrogen-bond acceptors (Lipinski definition) is 4. The van der Waals surface area contributed by atoms with E-state index in [2.05, 4.69) is 25.8 Å². The van der Waals surface area contributed by atoms with Crippen LogP contribution in [0, 0.1) is 0 Å². The maximum Gasteiger partial charge on any atom is 0.240 e. The number of aromatic nitrogens is 1. The molecule has 0 fully saturated rings. The number of fused-ring (bicyclic) bond motifs is 1. The minimum Gasteiger partial charge on any atom is -0.868 e. The molecule has 6 heteroatoms. The number of para-hydroxylation sites is 1. The fourth-order valence-electron chi connectivity index (χ4n) is 4.50. The summed E-state index contributed by atoms with van der Waals surface area (Å²) in [5.41, 5.74) is 3.05. The van der Waals surface area contributed by atoms with E-state index < -0.39 is 23.5 Å². The van der Waals surface area contributed by atoms with Gasteiger partial charge in [-0.3, -0.25) is 9.59 Å². The van der Waals surface area contributed by atoms with Gasteiger partial charge in [0.2, 0.25) is 11.7 Å². The first-order chi connectivity index (χ1) is 16.7. The first kappa shape index (κ1) is 22.6. The van der Waals surface area contributed by atoms with Crippen LogP contribution in [0.25, 0.3) is 11.0 Å². The number of carbonyl (C=O) groups is 2. The Labute approximate surface area is 203 Å². The van der Waals surface area contributed by atoms with Crippen LogP contribution in [0.1, 0.15) is 54.1 Å². The Morgan fingerprint density at radius 1 is 1.06 bits per heavy atom. The van der Waals surface area contributed by atoms with Crippen molar-refractivity contribution < 1.29 is 24.1 Å². The minimum atomic E-state index is -0.815. The van der Waals surface area contributed by atoms with Crippen molar-refractivity contribution in [1.29, 1.82) is 0 Å². The van der Waals surface area contributed by atoms with Gasteiger partial charge < -0.3 is 14.4 Å². The Morgan fingerprint density at radius 2 is 1.80 bits per heavy atom. The molecule has 0 bridgehead atoms. The lowest BCUT2D eigenvalue weighted by molar-refractivity contribution is -0.378. The summed E-state index contributed by atoms with van der Waals surface area (Å²) < 4.78 is 5.77. The number of nitrogens with zero attached hydrogens (tertiary/aromatic N) is 1. The highest BCUT2D eigenvalue weighted by molar-refractivity contribution is 6.15. The number of amides is 1. The van der Waals surface area contributed by atoms with Crippen LogP contribution in [0.4, 0.5) is 0 Å². The predicted molar refractivity (Wildman–Crippen MR) is 129 cm³/mol. The van der Waals surface area contributed by atoms with Gasteiger partial charge in [0.1, 0.15) is 5.58 Å². The first-order valence-electron chi connectivity index (χ1n) is 11.5. The van der Waals surface area contributed by atoms with E-state index in [1.54, 1.807) is 24.5 Å². The van der Waals surface area contributed by atoms with Gasteiger partial charge in [-0.2, -0.15) is 0 Å². The molecule has 4 aromatic rings. The summed E-state index contributed by atoms with van der Waals surface area (Å²) in [6.45, 7) is 6.53. The van der Waals surface area contributed by atoms with Gasteiger partial charge in [0, 0.05) is 22.6 Å². The lowest BCUT2D eigenvalue weighted by Crippen LogP contribution is -2.32. The fraction of sp³-hybridized carbons (Fsp3) is 0.207. The van der Waals surface area contributed by atoms with Crippen molar-refractivity contribution in [3.8, 4) is 0 Å². The number of carbonyl (C=O) groups excluding carboxylic acids is 2. The zero-order chi connectivity index (χ0) is 24.7. The molecular formula is C29H26N2O4. The third kappa shape index (κ3) is 4.12. The van der Waals surface area contributed by atoms with E-state index >= 15 is 0 Å². The molecule has 6 nitrogen and oxygen atoms in total. The van der Waals surface area contributed by atoms with Crippen LogP contribution < -0.4 is 10.1 Å². The largest absolute Gasteiger partial charge is 0.868 e. The van der Waals surface area contributed by atoms with Crippen molar-refractivity contribution in [2.24, 2.45) is 0 Å². The molecule has 0 spiro atoms. The molecule has 3 heterocycles. The van der Waals surface area contributed by atoms with E-state index in [9.17, 15) is 14.7 Å². The van der Waals surface area contributed by atoms with Crippen molar-refractivity contribution in [3.05, 3.63) is 113 Å². The normalized spacial score (nSPS) is 16.4. The zero-order valence-corrected chi connectivity index (χ0v) is 19.9. The summed E-state index contributed by atoms with van der Waals surface area (Å²) in [5, 5.41) is 14.0. The number of benzene rings is 2. The van der Waals surface area contributed by atoms with Gasteiger partial charge in [-0.1, -0.05) is 63.2 Å². The van der Waals surface area contributed by atoms with Gasteiger partial charge in [0.15, 0.2) is 18.2 Å². The number of rotatable bonds is 5. The van der Waals surface area contributed by atoms with Gasteiger partial charge in [0.05, 0.1) is 12.6 Å². The Kier molecular flexibility index (Phi) is 5.52. The van der Waals surface area contributed by atoms with Crippen LogP contribution >= 0.6 is 0 Å². The van der Waals surface area contributed by atoms with Crippen LogP contribution in [-0.4, -0.2) is 16.6 Å². The number of ketones is 1. The van der Waals surface area contributed by atoms with Crippen LogP contribution in [0.3, 0.4) is 0 Å². The van der Waals surface area contributed by atoms with Crippen molar-refractivity contribution in [2.45, 2.75) is 38.8 Å². The molecule has 0 radical (unpaired) electrons. The Bertz CT molecular complexity index is 1410. The molecule has 1 atom stereocenters. The summed E-state index contributed by atoms with van der Waals surface area (Å²) in [6, 6.07) is 19.5. The molecule has 35 heavy (non-hydrogen) atoms. The first-order valence-corrected chi connectivity index (χ1v) is 11.5. The highest BCUT2D eigenvalue weighted by atomic mass is 16.3. The average molecular weight is 467 g/mol. The quantitative estimate of drug-likeness (QED) is 0.414. The number of aromatic amines is 1. The second-order valence-corrected chi connectivity index (χ2v) is 9.84. The summed E-state index contributed by atoms with van der Waals surface area (Å²) in [5.74, 6) is -2.00. The number of H-pyrrole nitrogens is 1. The van der Waals surface area contributed by atoms with Gasteiger partial charge in [-0.25, -0.2) is 4.98 Å². The molecule has 0 saturated carbocycles. The number of nitrogens with one attached hydrogen (secondary N) is 1. The summed E-state index contributed by atoms with van der Waals surface area (Å²) in [4.78, 5) is 31.3. The molecule has 0 aliphatic carbocycles. The SMILES string of the molecule is CC(C)(C)c1ccc(C2C(C(=O)c3cc4ccccc4o3)=C([O-])C(=O)N2Cc2ccc[nH+]c2)cc1. The number of pyridine rings is 1. The zero-order valence-electron chi connectivity index (χ0n) is 19.9. The molecule has 1 amide bonds. The molecule has 176 valence electrons. The van der Waals surface area contributed by atoms with E-state index in [0.717, 1.165) is 16.5 Å². The predicted octanol–water partition coefficient (Wildman–Crippen LogP) is 4.13. The molecular weight excluding hydrogens is 440 g/mol. The van der Waals surface area contributed by atoms with Crippen LogP contribution in [0.2, 0.25) is 0 Å². The second-order valence-electron chi connectivity index (χ2n) is 9.84. The van der Waals surface area contributed by atoms with E-state index in [0.29, 0.717) is 11.1 Å². The number of Topliss-reactive ketones (excluding diaryl/α,β-unsaturated/α-hetero) is 1. The van der Waals surface area contributed by atoms with E-state index in [4.69, 9.17) is 4.42 Å². The molecule has 2 aromatic carbocycles. The standard InChI is InChI=1S/C29H26N2O4/c1-29(2,3)21-12-10-19(11-13-21)25-24(26(32)23-15-20-8-4-5-9-22(20)35-23)27(33)28(34)31(25)17-18-7-6-14-30-16-18/h4-16,25,33H,17H2,1-3H3. The van der Waals surface area contributed by atoms with E-state index in [-0.39, 0.29) is 23.3 Å². The minimum absolute atomic E-state index is 0.0496. The maximum atomic E-state index is 13.6. The summed E-state index contributed by atoms with van der Waals surface area (Å²) in [7, 11) is 0. The molecule has 5 rings (SSSR count). The highest BCUT2D eigenvalue weighted by Gasteiger charge is 2.40. The van der Waals surface area contributed by atoms with Gasteiger partial charge in [-0.15, -0.1) is 0 Å². The van der Waals surface area contributed by atoms with Gasteiger partial charge >= 0.3 is 0 Å². The molecule has 1 aliphatic rings. The Balaban J connectivity index is 1.60. The maximum absolute atomic E-state index is 13.6. The molecule has 1 aliphatic heterocycles. The number of hydrogen-bond donors (Lipinski definition) is 0. The average Bonchev–Trinajstić information content (AvgIpc) is 3.39. The van der Waals surface area contributed by atoms with Crippen LogP contribution in [0.5, 0.6) is 0 Å². The van der Waals surface area contributed by atoms with Crippen molar-refractivity contribution in [2.75, 3.05) is 0 Å². The lowest BCUT2D eigenvalue weighted by Gasteiger charge is -2.28. The van der Waals surface area contributed by atoms with Gasteiger partial charge in [-0.05, 0) is 40.5 Å². The highest BCUT2D eigenvalue weighted by Crippen LogP contribution is 2.40.